The Balaban J connectivity index is 1.79. The van der Waals surface area contributed by atoms with E-state index in [2.05, 4.69) is 0 Å². The number of fused-ring (bicyclic) bond motifs is 1. The van der Waals surface area contributed by atoms with Gasteiger partial charge >= 0.3 is 5.97 Å². The van der Waals surface area contributed by atoms with Gasteiger partial charge in [-0.05, 0) is 37.6 Å². The molecule has 2 aromatic carbocycles. The molecule has 0 saturated heterocycles. The number of allylic oxidation sites excluding steroid dienone is 1. The first-order chi connectivity index (χ1) is 13.4. The van der Waals surface area contributed by atoms with Crippen molar-refractivity contribution in [1.82, 2.24) is 0 Å². The highest BCUT2D eigenvalue weighted by molar-refractivity contribution is 6.14. The summed E-state index contributed by atoms with van der Waals surface area (Å²) in [6.45, 7) is 3.53. The fourth-order valence-corrected chi connectivity index (χ4v) is 2.67. The van der Waals surface area contributed by atoms with Gasteiger partial charge in [0.05, 0.1) is 12.2 Å². The number of Topliss-reactive ketones (excluding diaryl/α,β-unsaturated/α-hetero) is 1. The third-order valence-corrected chi connectivity index (χ3v) is 4.00. The van der Waals surface area contributed by atoms with Crippen molar-refractivity contribution in [2.75, 3.05) is 6.61 Å². The summed E-state index contributed by atoms with van der Waals surface area (Å²) in [6.07, 6.45) is 0.681. The van der Waals surface area contributed by atoms with Crippen molar-refractivity contribution >= 4 is 23.5 Å². The van der Waals surface area contributed by atoms with Crippen LogP contribution in [0.25, 0.3) is 6.08 Å². The average molecular weight is 385 g/mol. The Kier molecular flexibility index (Phi) is 5.74. The monoisotopic (exact) mass is 385 g/mol. The van der Waals surface area contributed by atoms with E-state index in [1.165, 1.54) is 24.3 Å². The quantitative estimate of drug-likeness (QED) is 0.445. The Morgan fingerprint density at radius 1 is 1.32 bits per heavy atom. The molecule has 1 unspecified atom stereocenters. The van der Waals surface area contributed by atoms with Gasteiger partial charge < -0.3 is 19.4 Å². The third-order valence-electron chi connectivity index (χ3n) is 4.00. The molecule has 0 radical (unpaired) electrons. The van der Waals surface area contributed by atoms with Gasteiger partial charge in [-0.2, -0.15) is 5.23 Å². The molecule has 1 aliphatic rings. The second-order valence-electron chi connectivity index (χ2n) is 6.04. The summed E-state index contributed by atoms with van der Waals surface area (Å²) in [5, 5.41) is 19.1. The predicted molar refractivity (Wildman–Crippen MR) is 98.3 cm³/mol. The summed E-state index contributed by atoms with van der Waals surface area (Å²) in [5.41, 5.74) is 1.00. The lowest BCUT2D eigenvalue weighted by Crippen LogP contribution is -2.99. The van der Waals surface area contributed by atoms with E-state index in [1.807, 2.05) is 0 Å². The molecular formula is C20H19NO7. The number of carbonyl (C=O) groups is 2. The topological polar surface area (TPSA) is 110 Å². The van der Waals surface area contributed by atoms with Crippen LogP contribution >= 0.6 is 0 Å². The molecule has 2 atom stereocenters. The molecule has 1 aliphatic heterocycles. The second kappa shape index (κ2) is 8.22. The minimum atomic E-state index is -1.06. The lowest BCUT2D eigenvalue weighted by molar-refractivity contribution is -0.991. The molecule has 1 heterocycles. The Bertz CT molecular complexity index is 936. The van der Waals surface area contributed by atoms with Crippen LogP contribution in [0.15, 0.2) is 48.2 Å². The fraction of sp³-hybridized carbons (Fsp3) is 0.200. The maximum atomic E-state index is 12.5. The fourth-order valence-electron chi connectivity index (χ4n) is 2.67. The smallest absolute Gasteiger partial charge is 0.347 e. The molecule has 8 heteroatoms. The van der Waals surface area contributed by atoms with Crippen LogP contribution in [0.2, 0.25) is 0 Å². The van der Waals surface area contributed by atoms with Gasteiger partial charge in [-0.25, -0.2) is 10.0 Å². The van der Waals surface area contributed by atoms with E-state index in [0.29, 0.717) is 22.6 Å². The highest BCUT2D eigenvalue weighted by Gasteiger charge is 2.28. The highest BCUT2D eigenvalue weighted by Crippen LogP contribution is 2.35. The van der Waals surface area contributed by atoms with Crippen LogP contribution in [0.3, 0.4) is 0 Å². The second-order valence-corrected chi connectivity index (χ2v) is 6.04. The molecule has 0 aromatic heterocycles. The van der Waals surface area contributed by atoms with E-state index in [4.69, 9.17) is 19.4 Å². The largest absolute Gasteiger partial charge is 0.595 e. The summed E-state index contributed by atoms with van der Waals surface area (Å²) in [6, 6.07) is 10.8. The van der Waals surface area contributed by atoms with Crippen LogP contribution < -0.4 is 14.7 Å². The Morgan fingerprint density at radius 2 is 2.11 bits per heavy atom. The zero-order valence-corrected chi connectivity index (χ0v) is 15.3. The molecule has 3 rings (SSSR count). The number of esters is 1. The van der Waals surface area contributed by atoms with Gasteiger partial charge in [0.15, 0.2) is 17.6 Å². The number of rotatable bonds is 6. The SMILES string of the molecule is CCOC(=O)[C@H](C)Oc1ccc2c(c1)OC(=Cc1cccc([NH+]([O-])O)c1)C2=O. The normalized spacial score (nSPS) is 16.3. The lowest BCUT2D eigenvalue weighted by Gasteiger charge is -2.13. The van der Waals surface area contributed by atoms with E-state index >= 15 is 0 Å². The maximum absolute atomic E-state index is 12.5. The predicted octanol–water partition coefficient (Wildman–Crippen LogP) is 2.04. The van der Waals surface area contributed by atoms with E-state index < -0.39 is 17.3 Å². The van der Waals surface area contributed by atoms with Gasteiger partial charge in [0, 0.05) is 18.2 Å². The molecule has 2 N–H and O–H groups in total. The number of ketones is 1. The van der Waals surface area contributed by atoms with Crippen LogP contribution in [0, 0.1) is 5.21 Å². The number of nitrogens with one attached hydrogen (secondary N) is 1. The van der Waals surface area contributed by atoms with Gasteiger partial charge in [-0.1, -0.05) is 12.1 Å². The van der Waals surface area contributed by atoms with Crippen molar-refractivity contribution in [2.45, 2.75) is 20.0 Å². The zero-order valence-electron chi connectivity index (χ0n) is 15.3. The first kappa shape index (κ1) is 19.6. The van der Waals surface area contributed by atoms with Crippen LogP contribution in [0.1, 0.15) is 29.8 Å². The van der Waals surface area contributed by atoms with E-state index in [0.717, 1.165) is 0 Å². The van der Waals surface area contributed by atoms with Gasteiger partial charge in [0.1, 0.15) is 11.5 Å². The van der Waals surface area contributed by atoms with Gasteiger partial charge in [-0.3, -0.25) is 4.79 Å². The molecule has 0 aliphatic carbocycles. The van der Waals surface area contributed by atoms with Crippen molar-refractivity contribution in [1.29, 1.82) is 0 Å². The van der Waals surface area contributed by atoms with Gasteiger partial charge in [0.25, 0.3) is 0 Å². The molecule has 0 bridgehead atoms. The standard InChI is InChI=1S/C20H19NO7/c1-3-26-20(23)12(2)27-15-7-8-16-17(11-15)28-18(19(16)22)10-13-5-4-6-14(9-13)21(24)25/h4-12,21,24H,3H2,1-2H3/t12-/m0/s1. The molecule has 8 nitrogen and oxygen atoms in total. The van der Waals surface area contributed by atoms with Crippen LogP contribution in [-0.2, 0) is 9.53 Å². The first-order valence-electron chi connectivity index (χ1n) is 8.64. The number of quaternary nitrogens is 1. The number of benzene rings is 2. The van der Waals surface area contributed by atoms with Crippen molar-refractivity contribution in [3.8, 4) is 11.5 Å². The molecule has 28 heavy (non-hydrogen) atoms. The molecule has 0 amide bonds. The summed E-state index contributed by atoms with van der Waals surface area (Å²) >= 11 is 0. The number of ether oxygens (including phenoxy) is 3. The van der Waals surface area contributed by atoms with Crippen molar-refractivity contribution in [2.24, 2.45) is 0 Å². The maximum Gasteiger partial charge on any atom is 0.347 e. The first-order valence-corrected chi connectivity index (χ1v) is 8.64. The summed E-state index contributed by atoms with van der Waals surface area (Å²) in [5.74, 6) is -0.0619. The lowest BCUT2D eigenvalue weighted by atomic mass is 10.1. The molecule has 0 fully saturated rings. The zero-order chi connectivity index (χ0) is 20.3. The van der Waals surface area contributed by atoms with Crippen LogP contribution in [-0.4, -0.2) is 29.7 Å². The average Bonchev–Trinajstić information content (AvgIpc) is 2.97. The number of hydrogen-bond acceptors (Lipinski definition) is 7. The van der Waals surface area contributed by atoms with E-state index in [1.54, 1.807) is 38.1 Å². The van der Waals surface area contributed by atoms with Gasteiger partial charge in [-0.15, -0.1) is 0 Å². The summed E-state index contributed by atoms with van der Waals surface area (Å²) in [7, 11) is 0. The highest BCUT2D eigenvalue weighted by atomic mass is 16.8. The molecule has 0 spiro atoms. The summed E-state index contributed by atoms with van der Waals surface area (Å²) in [4.78, 5) is 24.2. The molecule has 2 aromatic rings. The third kappa shape index (κ3) is 4.20. The molecule has 0 saturated carbocycles. The Morgan fingerprint density at radius 3 is 2.82 bits per heavy atom. The summed E-state index contributed by atoms with van der Waals surface area (Å²) < 4.78 is 16.1. The Hall–Kier alpha value is -3.20. The Labute approximate surface area is 161 Å². The van der Waals surface area contributed by atoms with E-state index in [-0.39, 0.29) is 23.8 Å². The van der Waals surface area contributed by atoms with E-state index in [9.17, 15) is 14.8 Å². The molecule has 146 valence electrons. The van der Waals surface area contributed by atoms with Gasteiger partial charge in [0.2, 0.25) is 5.78 Å². The number of carbonyl (C=O) groups excluding carboxylic acids is 2. The number of hydrogen-bond donors (Lipinski definition) is 2. The minimum Gasteiger partial charge on any atom is -0.595 e. The van der Waals surface area contributed by atoms with Crippen molar-refractivity contribution in [3.05, 3.63) is 64.6 Å². The van der Waals surface area contributed by atoms with Crippen LogP contribution in [0.4, 0.5) is 5.69 Å². The van der Waals surface area contributed by atoms with Crippen LogP contribution in [0.5, 0.6) is 11.5 Å². The van der Waals surface area contributed by atoms with Crippen molar-refractivity contribution in [3.63, 3.8) is 0 Å². The van der Waals surface area contributed by atoms with Crippen molar-refractivity contribution < 1.29 is 34.2 Å². The minimum absolute atomic E-state index is 0.0770. The molecular weight excluding hydrogens is 366 g/mol.